The molecule has 0 fully saturated rings. The summed E-state index contributed by atoms with van der Waals surface area (Å²) in [6.07, 6.45) is 0.490. The summed E-state index contributed by atoms with van der Waals surface area (Å²) in [5, 5.41) is 4.05. The summed E-state index contributed by atoms with van der Waals surface area (Å²) in [5.41, 5.74) is 2.30. The van der Waals surface area contributed by atoms with E-state index >= 15 is 0 Å². The monoisotopic (exact) mass is 527 g/mol. The Bertz CT molecular complexity index is 1490. The highest BCUT2D eigenvalue weighted by Gasteiger charge is 2.47. The number of ether oxygens (including phenoxy) is 3. The molecule has 1 atom stereocenters. The van der Waals surface area contributed by atoms with Gasteiger partial charge in [-0.25, -0.2) is 0 Å². The molecule has 0 unspecified atom stereocenters. The first kappa shape index (κ1) is 26.2. The molecular weight excluding hydrogens is 494 g/mol. The van der Waals surface area contributed by atoms with Gasteiger partial charge in [-0.1, -0.05) is 48.5 Å². The Morgan fingerprint density at radius 1 is 0.897 bits per heavy atom. The molecule has 4 aromatic rings. The SMILES string of the molecule is COc1cc(CCN2C(=O)c3cc4ccccc4n3C[C@@]2(C)C(=O)NCc2ccccc2)cc(OC)c1OC. The molecule has 0 bridgehead atoms. The van der Waals surface area contributed by atoms with Gasteiger partial charge in [0.05, 0.1) is 27.9 Å². The van der Waals surface area contributed by atoms with E-state index in [0.717, 1.165) is 22.0 Å². The van der Waals surface area contributed by atoms with Gasteiger partial charge >= 0.3 is 0 Å². The third kappa shape index (κ3) is 4.78. The van der Waals surface area contributed by atoms with E-state index in [1.807, 2.05) is 84.3 Å². The molecule has 2 amide bonds. The van der Waals surface area contributed by atoms with Crippen molar-refractivity contribution in [2.75, 3.05) is 27.9 Å². The van der Waals surface area contributed by atoms with Gasteiger partial charge in [-0.15, -0.1) is 0 Å². The molecule has 0 aliphatic carbocycles. The third-order valence-electron chi connectivity index (χ3n) is 7.47. The topological polar surface area (TPSA) is 82.0 Å². The summed E-state index contributed by atoms with van der Waals surface area (Å²) in [5.74, 6) is 1.21. The smallest absolute Gasteiger partial charge is 0.271 e. The lowest BCUT2D eigenvalue weighted by atomic mass is 9.93. The van der Waals surface area contributed by atoms with Gasteiger partial charge in [-0.2, -0.15) is 0 Å². The summed E-state index contributed by atoms with van der Waals surface area (Å²) in [7, 11) is 4.70. The van der Waals surface area contributed by atoms with Crippen LogP contribution < -0.4 is 19.5 Å². The lowest BCUT2D eigenvalue weighted by molar-refractivity contribution is -0.133. The minimum absolute atomic E-state index is 0.178. The molecule has 0 saturated carbocycles. The quantitative estimate of drug-likeness (QED) is 0.348. The number of hydrogen-bond donors (Lipinski definition) is 1. The summed E-state index contributed by atoms with van der Waals surface area (Å²) < 4.78 is 18.4. The summed E-state index contributed by atoms with van der Waals surface area (Å²) in [4.78, 5) is 29.5. The zero-order valence-electron chi connectivity index (χ0n) is 22.7. The predicted octanol–water partition coefficient (Wildman–Crippen LogP) is 4.44. The van der Waals surface area contributed by atoms with Crippen LogP contribution in [0.25, 0.3) is 10.9 Å². The number of nitrogens with one attached hydrogen (secondary N) is 1. The molecule has 3 aromatic carbocycles. The number of nitrogens with zero attached hydrogens (tertiary/aromatic N) is 2. The summed E-state index contributed by atoms with van der Waals surface area (Å²) in [6, 6.07) is 23.3. The number of carbonyl (C=O) groups is 2. The summed E-state index contributed by atoms with van der Waals surface area (Å²) >= 11 is 0. The van der Waals surface area contributed by atoms with Crippen LogP contribution in [0.1, 0.15) is 28.5 Å². The minimum Gasteiger partial charge on any atom is -0.493 e. The normalized spacial score (nSPS) is 16.6. The second-order valence-electron chi connectivity index (χ2n) is 9.86. The molecule has 8 nitrogen and oxygen atoms in total. The first-order chi connectivity index (χ1) is 18.9. The van der Waals surface area contributed by atoms with Crippen LogP contribution in [0.2, 0.25) is 0 Å². The molecule has 8 heteroatoms. The molecular formula is C31H33N3O5. The fourth-order valence-electron chi connectivity index (χ4n) is 5.35. The molecule has 1 N–H and O–H groups in total. The van der Waals surface area contributed by atoms with Crippen LogP contribution in [-0.4, -0.2) is 54.7 Å². The van der Waals surface area contributed by atoms with E-state index in [4.69, 9.17) is 14.2 Å². The standard InChI is InChI=1S/C31H33N3O5/c1-31(30(36)32-19-21-10-6-5-7-11-21)20-33-24-13-9-8-12-23(24)18-25(33)29(35)34(31)15-14-22-16-26(37-2)28(39-4)27(17-22)38-3/h5-13,16-18H,14-15,19-20H2,1-4H3,(H,32,36)/t31-/m0/s1. The maximum Gasteiger partial charge on any atom is 0.271 e. The van der Waals surface area contributed by atoms with Crippen molar-refractivity contribution >= 4 is 22.7 Å². The van der Waals surface area contributed by atoms with Crippen molar-refractivity contribution in [1.82, 2.24) is 14.8 Å². The van der Waals surface area contributed by atoms with E-state index in [9.17, 15) is 9.59 Å². The van der Waals surface area contributed by atoms with Gasteiger partial charge in [0.15, 0.2) is 11.5 Å². The molecule has 1 aromatic heterocycles. The van der Waals surface area contributed by atoms with E-state index in [0.29, 0.717) is 49.0 Å². The maximum atomic E-state index is 14.0. The Kier molecular flexibility index (Phi) is 7.19. The Balaban J connectivity index is 1.49. The number of fused-ring (bicyclic) bond motifs is 3. The number of aromatic nitrogens is 1. The number of benzene rings is 3. The lowest BCUT2D eigenvalue weighted by Crippen LogP contribution is -2.64. The van der Waals surface area contributed by atoms with Crippen molar-refractivity contribution in [2.24, 2.45) is 0 Å². The van der Waals surface area contributed by atoms with Crippen LogP contribution in [-0.2, 0) is 24.3 Å². The van der Waals surface area contributed by atoms with Crippen LogP contribution >= 0.6 is 0 Å². The van der Waals surface area contributed by atoms with Gasteiger partial charge in [-0.3, -0.25) is 9.59 Å². The first-order valence-corrected chi connectivity index (χ1v) is 12.9. The van der Waals surface area contributed by atoms with E-state index in [1.54, 1.807) is 26.2 Å². The second kappa shape index (κ2) is 10.7. The fourth-order valence-corrected chi connectivity index (χ4v) is 5.35. The number of carbonyl (C=O) groups excluding carboxylic acids is 2. The molecule has 1 aliphatic heterocycles. The molecule has 39 heavy (non-hydrogen) atoms. The molecule has 0 saturated heterocycles. The Morgan fingerprint density at radius 3 is 2.23 bits per heavy atom. The van der Waals surface area contributed by atoms with Crippen molar-refractivity contribution in [1.29, 1.82) is 0 Å². The molecule has 0 radical (unpaired) electrons. The van der Waals surface area contributed by atoms with E-state index in [2.05, 4.69) is 5.32 Å². The first-order valence-electron chi connectivity index (χ1n) is 12.9. The minimum atomic E-state index is -1.11. The third-order valence-corrected chi connectivity index (χ3v) is 7.47. The average molecular weight is 528 g/mol. The zero-order chi connectivity index (χ0) is 27.6. The number of hydrogen-bond acceptors (Lipinski definition) is 5. The zero-order valence-corrected chi connectivity index (χ0v) is 22.7. The van der Waals surface area contributed by atoms with Crippen molar-refractivity contribution in [2.45, 2.75) is 32.0 Å². The van der Waals surface area contributed by atoms with Crippen LogP contribution in [0.5, 0.6) is 17.2 Å². The predicted molar refractivity (Wildman–Crippen MR) is 149 cm³/mol. The highest BCUT2D eigenvalue weighted by molar-refractivity contribution is 6.03. The van der Waals surface area contributed by atoms with E-state index in [1.165, 1.54) is 0 Å². The number of methoxy groups -OCH3 is 3. The Labute approximate surface area is 228 Å². The molecule has 1 aliphatic rings. The van der Waals surface area contributed by atoms with E-state index < -0.39 is 5.54 Å². The van der Waals surface area contributed by atoms with Crippen molar-refractivity contribution < 1.29 is 23.8 Å². The van der Waals surface area contributed by atoms with Crippen LogP contribution in [0.15, 0.2) is 72.8 Å². The van der Waals surface area contributed by atoms with Crippen molar-refractivity contribution in [3.63, 3.8) is 0 Å². The fraction of sp³-hybridized carbons (Fsp3) is 0.290. The highest BCUT2D eigenvalue weighted by atomic mass is 16.5. The van der Waals surface area contributed by atoms with Gasteiger partial charge in [0.25, 0.3) is 5.91 Å². The van der Waals surface area contributed by atoms with Crippen LogP contribution in [0.4, 0.5) is 0 Å². The van der Waals surface area contributed by atoms with Gasteiger partial charge in [0.2, 0.25) is 11.7 Å². The molecule has 5 rings (SSSR count). The molecule has 0 spiro atoms. The Morgan fingerprint density at radius 2 is 1.56 bits per heavy atom. The van der Waals surface area contributed by atoms with Gasteiger partial charge in [0, 0.05) is 24.0 Å². The molecule has 202 valence electrons. The summed E-state index contributed by atoms with van der Waals surface area (Å²) in [6.45, 7) is 2.90. The van der Waals surface area contributed by atoms with E-state index in [-0.39, 0.29) is 11.8 Å². The largest absolute Gasteiger partial charge is 0.493 e. The van der Waals surface area contributed by atoms with Crippen molar-refractivity contribution in [3.8, 4) is 17.2 Å². The number of amides is 2. The molecule has 2 heterocycles. The lowest BCUT2D eigenvalue weighted by Gasteiger charge is -2.44. The average Bonchev–Trinajstić information content (AvgIpc) is 3.34. The van der Waals surface area contributed by atoms with Crippen LogP contribution in [0, 0.1) is 0 Å². The number of para-hydroxylation sites is 1. The van der Waals surface area contributed by atoms with Gasteiger partial charge in [-0.05, 0) is 48.7 Å². The van der Waals surface area contributed by atoms with Crippen LogP contribution in [0.3, 0.4) is 0 Å². The highest BCUT2D eigenvalue weighted by Crippen LogP contribution is 2.39. The Hall–Kier alpha value is -4.46. The van der Waals surface area contributed by atoms with Gasteiger partial charge in [0.1, 0.15) is 11.2 Å². The van der Waals surface area contributed by atoms with Crippen molar-refractivity contribution in [3.05, 3.63) is 89.6 Å². The van der Waals surface area contributed by atoms with Gasteiger partial charge < -0.3 is 29.0 Å². The maximum absolute atomic E-state index is 14.0. The number of rotatable bonds is 9. The second-order valence-corrected chi connectivity index (χ2v) is 9.86.